The Labute approximate surface area is 112 Å². The number of esters is 1. The van der Waals surface area contributed by atoms with E-state index in [0.29, 0.717) is 0 Å². The van der Waals surface area contributed by atoms with Crippen molar-refractivity contribution in [3.63, 3.8) is 0 Å². The van der Waals surface area contributed by atoms with Crippen molar-refractivity contribution in [3.05, 3.63) is 35.9 Å². The maximum absolute atomic E-state index is 11.7. The predicted octanol–water partition coefficient (Wildman–Crippen LogP) is 0.240. The maximum Gasteiger partial charge on any atom is 0.327 e. The molecule has 0 fully saturated rings. The summed E-state index contributed by atoms with van der Waals surface area (Å²) < 4.78 is 4.71. The summed E-state index contributed by atoms with van der Waals surface area (Å²) in [5.41, 5.74) is 0.735. The highest BCUT2D eigenvalue weighted by Crippen LogP contribution is 2.13. The van der Waals surface area contributed by atoms with Crippen LogP contribution < -0.4 is 10.6 Å². The quantitative estimate of drug-likeness (QED) is 0.568. The van der Waals surface area contributed by atoms with Crippen LogP contribution in [0.2, 0.25) is 0 Å². The lowest BCUT2D eigenvalue weighted by Crippen LogP contribution is -2.38. The van der Waals surface area contributed by atoms with Gasteiger partial charge in [-0.05, 0) is 5.56 Å². The lowest BCUT2D eigenvalue weighted by Gasteiger charge is -2.16. The van der Waals surface area contributed by atoms with E-state index in [-0.39, 0.29) is 19.0 Å². The van der Waals surface area contributed by atoms with E-state index in [0.717, 1.165) is 5.56 Å². The number of terminal acetylenes is 1. The summed E-state index contributed by atoms with van der Waals surface area (Å²) in [4.78, 5) is 23.1. The molecule has 1 aromatic carbocycles. The monoisotopic (exact) mass is 260 g/mol. The second-order valence-electron chi connectivity index (χ2n) is 3.73. The van der Waals surface area contributed by atoms with Crippen molar-refractivity contribution in [3.8, 4) is 12.3 Å². The number of benzene rings is 1. The zero-order valence-electron chi connectivity index (χ0n) is 10.7. The third kappa shape index (κ3) is 4.82. The fraction of sp³-hybridized carbons (Fsp3) is 0.286. The van der Waals surface area contributed by atoms with Gasteiger partial charge in [0.05, 0.1) is 20.2 Å². The van der Waals surface area contributed by atoms with Crippen molar-refractivity contribution >= 4 is 11.9 Å². The van der Waals surface area contributed by atoms with Gasteiger partial charge in [-0.25, -0.2) is 4.79 Å². The third-order valence-corrected chi connectivity index (χ3v) is 2.42. The first-order valence-corrected chi connectivity index (χ1v) is 5.75. The average molecular weight is 260 g/mol. The van der Waals surface area contributed by atoms with E-state index < -0.39 is 12.0 Å². The second-order valence-corrected chi connectivity index (χ2v) is 3.73. The van der Waals surface area contributed by atoms with Crippen LogP contribution >= 0.6 is 0 Å². The van der Waals surface area contributed by atoms with Gasteiger partial charge in [-0.1, -0.05) is 36.3 Å². The molecule has 0 aliphatic heterocycles. The minimum absolute atomic E-state index is 0.0175. The van der Waals surface area contributed by atoms with Gasteiger partial charge in [0.2, 0.25) is 5.91 Å². The molecule has 1 unspecified atom stereocenters. The van der Waals surface area contributed by atoms with Gasteiger partial charge in [0.1, 0.15) is 6.04 Å². The van der Waals surface area contributed by atoms with Crippen LogP contribution in [0.25, 0.3) is 0 Å². The molecule has 1 rings (SSSR count). The minimum Gasteiger partial charge on any atom is -0.468 e. The minimum atomic E-state index is -0.678. The van der Waals surface area contributed by atoms with Crippen LogP contribution in [-0.4, -0.2) is 32.1 Å². The van der Waals surface area contributed by atoms with Crippen molar-refractivity contribution in [2.75, 3.05) is 20.2 Å². The van der Waals surface area contributed by atoms with E-state index in [2.05, 4.69) is 16.6 Å². The summed E-state index contributed by atoms with van der Waals surface area (Å²) in [5, 5.41) is 5.35. The molecule has 0 aliphatic rings. The van der Waals surface area contributed by atoms with Crippen LogP contribution in [0.5, 0.6) is 0 Å². The largest absolute Gasteiger partial charge is 0.468 e. The predicted molar refractivity (Wildman–Crippen MR) is 71.0 cm³/mol. The standard InChI is InChI=1S/C14H16N2O3/c1-3-9-15-12(17)10-16-13(14(18)19-2)11-7-5-4-6-8-11/h1,4-8,13,16H,9-10H2,2H3,(H,15,17). The number of carbonyl (C=O) groups is 2. The van der Waals surface area contributed by atoms with Gasteiger partial charge in [0.15, 0.2) is 0 Å². The van der Waals surface area contributed by atoms with Gasteiger partial charge in [-0.15, -0.1) is 6.42 Å². The van der Waals surface area contributed by atoms with Crippen molar-refractivity contribution in [1.82, 2.24) is 10.6 Å². The molecule has 0 spiro atoms. The highest BCUT2D eigenvalue weighted by Gasteiger charge is 2.21. The average Bonchev–Trinajstić information content (AvgIpc) is 2.46. The molecule has 5 heteroatoms. The summed E-state index contributed by atoms with van der Waals surface area (Å²) in [5.74, 6) is 1.58. The molecular formula is C14H16N2O3. The summed E-state index contributed by atoms with van der Waals surface area (Å²) in [7, 11) is 1.30. The smallest absolute Gasteiger partial charge is 0.327 e. The zero-order chi connectivity index (χ0) is 14.1. The van der Waals surface area contributed by atoms with Crippen molar-refractivity contribution in [1.29, 1.82) is 0 Å². The molecule has 1 amide bonds. The van der Waals surface area contributed by atoms with Gasteiger partial charge < -0.3 is 10.1 Å². The molecule has 100 valence electrons. The van der Waals surface area contributed by atoms with Gasteiger partial charge >= 0.3 is 5.97 Å². The first-order valence-electron chi connectivity index (χ1n) is 5.75. The number of nitrogens with one attached hydrogen (secondary N) is 2. The lowest BCUT2D eigenvalue weighted by molar-refractivity contribution is -0.143. The van der Waals surface area contributed by atoms with Crippen LogP contribution in [0, 0.1) is 12.3 Å². The van der Waals surface area contributed by atoms with Crippen LogP contribution in [0.3, 0.4) is 0 Å². The molecule has 19 heavy (non-hydrogen) atoms. The van der Waals surface area contributed by atoms with Crippen LogP contribution in [0.4, 0.5) is 0 Å². The molecule has 0 heterocycles. The number of ether oxygens (including phenoxy) is 1. The molecule has 1 aromatic rings. The molecule has 2 N–H and O–H groups in total. The number of hydrogen-bond donors (Lipinski definition) is 2. The molecule has 0 radical (unpaired) electrons. The van der Waals surface area contributed by atoms with Crippen molar-refractivity contribution < 1.29 is 14.3 Å². The highest BCUT2D eigenvalue weighted by atomic mass is 16.5. The Balaban J connectivity index is 2.65. The van der Waals surface area contributed by atoms with E-state index in [1.54, 1.807) is 12.1 Å². The molecule has 0 bridgehead atoms. The van der Waals surface area contributed by atoms with Crippen molar-refractivity contribution in [2.45, 2.75) is 6.04 Å². The second kappa shape index (κ2) is 7.90. The number of carbonyl (C=O) groups excluding carboxylic acids is 2. The number of rotatable bonds is 6. The van der Waals surface area contributed by atoms with Crippen molar-refractivity contribution in [2.24, 2.45) is 0 Å². The Kier molecular flexibility index (Phi) is 6.13. The first-order chi connectivity index (χ1) is 9.19. The van der Waals surface area contributed by atoms with Crippen LogP contribution in [0.15, 0.2) is 30.3 Å². The van der Waals surface area contributed by atoms with E-state index >= 15 is 0 Å². The molecule has 0 aliphatic carbocycles. The Morgan fingerprint density at radius 1 is 1.37 bits per heavy atom. The Morgan fingerprint density at radius 3 is 2.63 bits per heavy atom. The molecule has 0 saturated heterocycles. The van der Waals surface area contributed by atoms with Gasteiger partial charge in [0, 0.05) is 0 Å². The highest BCUT2D eigenvalue weighted by molar-refractivity contribution is 5.81. The first kappa shape index (κ1) is 14.7. The van der Waals surface area contributed by atoms with E-state index in [9.17, 15) is 9.59 Å². The molecule has 1 atom stereocenters. The molecular weight excluding hydrogens is 244 g/mol. The van der Waals surface area contributed by atoms with Gasteiger partial charge in [0.25, 0.3) is 0 Å². The van der Waals surface area contributed by atoms with E-state index in [1.807, 2.05) is 18.2 Å². The summed E-state index contributed by atoms with van der Waals surface area (Å²) in [6.45, 7) is 0.144. The van der Waals surface area contributed by atoms with Gasteiger partial charge in [-0.2, -0.15) is 0 Å². The van der Waals surface area contributed by atoms with Crippen LogP contribution in [-0.2, 0) is 14.3 Å². The summed E-state index contributed by atoms with van der Waals surface area (Å²) in [6, 6.07) is 8.36. The van der Waals surface area contributed by atoms with Gasteiger partial charge in [-0.3, -0.25) is 10.1 Å². The fourth-order valence-electron chi connectivity index (χ4n) is 1.51. The lowest BCUT2D eigenvalue weighted by atomic mass is 10.1. The number of methoxy groups -OCH3 is 1. The Hall–Kier alpha value is -2.32. The van der Waals surface area contributed by atoms with E-state index in [1.165, 1.54) is 7.11 Å². The Bertz CT molecular complexity index is 465. The van der Waals surface area contributed by atoms with Crippen LogP contribution in [0.1, 0.15) is 11.6 Å². The number of hydrogen-bond acceptors (Lipinski definition) is 4. The molecule has 0 aromatic heterocycles. The Morgan fingerprint density at radius 2 is 2.05 bits per heavy atom. The molecule has 0 saturated carbocycles. The third-order valence-electron chi connectivity index (χ3n) is 2.42. The van der Waals surface area contributed by atoms with E-state index in [4.69, 9.17) is 11.2 Å². The normalized spacial score (nSPS) is 11.2. The topological polar surface area (TPSA) is 67.4 Å². The molecule has 5 nitrogen and oxygen atoms in total. The summed E-state index contributed by atoms with van der Waals surface area (Å²) in [6.07, 6.45) is 5.03. The zero-order valence-corrected chi connectivity index (χ0v) is 10.7. The summed E-state index contributed by atoms with van der Waals surface area (Å²) >= 11 is 0. The maximum atomic E-state index is 11.7. The number of amides is 1. The SMILES string of the molecule is C#CCNC(=O)CNC(C(=O)OC)c1ccccc1. The fourth-order valence-corrected chi connectivity index (χ4v) is 1.51.